The van der Waals surface area contributed by atoms with Crippen molar-refractivity contribution in [3.05, 3.63) is 39.9 Å². The summed E-state index contributed by atoms with van der Waals surface area (Å²) in [5, 5.41) is 30.3. The number of hydrogen-bond donors (Lipinski definition) is 3. The van der Waals surface area contributed by atoms with E-state index in [-0.39, 0.29) is 18.5 Å². The molecule has 1 atom stereocenters. The fourth-order valence-electron chi connectivity index (χ4n) is 1.74. The summed E-state index contributed by atoms with van der Waals surface area (Å²) in [5.74, 6) is -3.16. The Morgan fingerprint density at radius 3 is 2.50 bits per heavy atom. The van der Waals surface area contributed by atoms with E-state index in [1.165, 1.54) is 24.3 Å². The van der Waals surface area contributed by atoms with E-state index in [4.69, 9.17) is 10.2 Å². The molecule has 0 aliphatic carbocycles. The van der Waals surface area contributed by atoms with Gasteiger partial charge in [0, 0.05) is 18.6 Å². The first-order chi connectivity index (χ1) is 10.3. The minimum atomic E-state index is -1.34. The zero-order valence-corrected chi connectivity index (χ0v) is 11.4. The molecule has 0 aliphatic heterocycles. The number of nitrogens with zero attached hydrogens (tertiary/aromatic N) is 1. The average molecular weight is 310 g/mol. The molecule has 0 fully saturated rings. The molecule has 1 amide bonds. The second-order valence-electron chi connectivity index (χ2n) is 4.49. The summed E-state index contributed by atoms with van der Waals surface area (Å²) < 4.78 is 0. The van der Waals surface area contributed by atoms with Gasteiger partial charge in [-0.15, -0.1) is 0 Å². The van der Waals surface area contributed by atoms with Crippen molar-refractivity contribution in [2.75, 3.05) is 0 Å². The number of benzene rings is 1. The smallest absolute Gasteiger partial charge is 0.326 e. The van der Waals surface area contributed by atoms with Crippen molar-refractivity contribution in [2.45, 2.75) is 25.3 Å². The van der Waals surface area contributed by atoms with E-state index < -0.39 is 35.2 Å². The van der Waals surface area contributed by atoms with E-state index in [0.29, 0.717) is 5.56 Å². The number of nitrogens with one attached hydrogen (secondary N) is 1. The second-order valence-corrected chi connectivity index (χ2v) is 4.49. The maximum absolute atomic E-state index is 11.8. The number of hydrogen-bond acceptors (Lipinski definition) is 5. The molecule has 22 heavy (non-hydrogen) atoms. The number of non-ortho nitro benzene ring substituents is 1. The average Bonchev–Trinajstić information content (AvgIpc) is 2.43. The van der Waals surface area contributed by atoms with Crippen LogP contribution in [0.1, 0.15) is 18.4 Å². The Kier molecular flexibility index (Phi) is 5.99. The highest BCUT2D eigenvalue weighted by atomic mass is 16.6. The van der Waals surface area contributed by atoms with Crippen LogP contribution >= 0.6 is 0 Å². The van der Waals surface area contributed by atoms with Gasteiger partial charge in [0.2, 0.25) is 5.91 Å². The van der Waals surface area contributed by atoms with Crippen molar-refractivity contribution in [2.24, 2.45) is 0 Å². The number of carboxylic acid groups (broad SMARTS) is 2. The normalized spacial score (nSPS) is 11.5. The van der Waals surface area contributed by atoms with E-state index in [2.05, 4.69) is 5.32 Å². The van der Waals surface area contributed by atoms with Crippen molar-refractivity contribution in [1.82, 2.24) is 5.32 Å². The van der Waals surface area contributed by atoms with Crippen LogP contribution in [0.4, 0.5) is 5.69 Å². The third-order valence-electron chi connectivity index (χ3n) is 2.77. The fourth-order valence-corrected chi connectivity index (χ4v) is 1.74. The molecule has 1 aromatic rings. The van der Waals surface area contributed by atoms with Crippen LogP contribution in [0.15, 0.2) is 24.3 Å². The fraction of sp³-hybridized carbons (Fsp3) is 0.308. The molecular formula is C13H14N2O7. The molecule has 0 aromatic heterocycles. The summed E-state index contributed by atoms with van der Waals surface area (Å²) in [6.45, 7) is 0. The van der Waals surface area contributed by atoms with Crippen molar-refractivity contribution >= 4 is 23.5 Å². The predicted octanol–water partition coefficient (Wildman–Crippen LogP) is 0.571. The molecule has 9 heteroatoms. The first kappa shape index (κ1) is 17.1. The first-order valence-electron chi connectivity index (χ1n) is 6.27. The Labute approximate surface area is 124 Å². The number of aliphatic carboxylic acids is 2. The van der Waals surface area contributed by atoms with Gasteiger partial charge < -0.3 is 15.5 Å². The number of rotatable bonds is 8. The van der Waals surface area contributed by atoms with Crippen LogP contribution in [0, 0.1) is 10.1 Å². The van der Waals surface area contributed by atoms with Gasteiger partial charge in [0.1, 0.15) is 6.04 Å². The van der Waals surface area contributed by atoms with Crippen molar-refractivity contribution < 1.29 is 29.5 Å². The SMILES string of the molecule is O=C(O)CC[C@@H](NC(=O)Cc1cccc([N+](=O)[O-])c1)C(=O)O. The summed E-state index contributed by atoms with van der Waals surface area (Å²) in [7, 11) is 0. The lowest BCUT2D eigenvalue weighted by Crippen LogP contribution is -2.41. The highest BCUT2D eigenvalue weighted by Crippen LogP contribution is 2.13. The quantitative estimate of drug-likeness (QED) is 0.469. The number of nitro benzene ring substituents is 1. The predicted molar refractivity (Wildman–Crippen MR) is 73.2 cm³/mol. The molecule has 0 spiro atoms. The van der Waals surface area contributed by atoms with Crippen LogP contribution in [0.25, 0.3) is 0 Å². The first-order valence-corrected chi connectivity index (χ1v) is 6.27. The number of carboxylic acids is 2. The van der Waals surface area contributed by atoms with E-state index in [9.17, 15) is 24.5 Å². The highest BCUT2D eigenvalue weighted by Gasteiger charge is 2.21. The monoisotopic (exact) mass is 310 g/mol. The van der Waals surface area contributed by atoms with Crippen LogP contribution < -0.4 is 5.32 Å². The lowest BCUT2D eigenvalue weighted by atomic mass is 10.1. The van der Waals surface area contributed by atoms with Crippen LogP contribution in [0.3, 0.4) is 0 Å². The number of carbonyl (C=O) groups excluding carboxylic acids is 1. The largest absolute Gasteiger partial charge is 0.481 e. The second kappa shape index (κ2) is 7.72. The van der Waals surface area contributed by atoms with Crippen molar-refractivity contribution in [3.8, 4) is 0 Å². The van der Waals surface area contributed by atoms with E-state index in [1.54, 1.807) is 0 Å². The summed E-state index contributed by atoms with van der Waals surface area (Å²) >= 11 is 0. The topological polar surface area (TPSA) is 147 Å². The third-order valence-corrected chi connectivity index (χ3v) is 2.77. The molecule has 0 radical (unpaired) electrons. The molecule has 118 valence electrons. The minimum Gasteiger partial charge on any atom is -0.481 e. The maximum atomic E-state index is 11.8. The molecule has 0 heterocycles. The Bertz CT molecular complexity index is 600. The van der Waals surface area contributed by atoms with Gasteiger partial charge in [0.05, 0.1) is 11.3 Å². The van der Waals surface area contributed by atoms with Crippen molar-refractivity contribution in [3.63, 3.8) is 0 Å². The summed E-state index contributed by atoms with van der Waals surface area (Å²) in [4.78, 5) is 43.2. The molecule has 9 nitrogen and oxygen atoms in total. The highest BCUT2D eigenvalue weighted by molar-refractivity contribution is 5.85. The van der Waals surface area contributed by atoms with E-state index in [1.807, 2.05) is 0 Å². The zero-order valence-electron chi connectivity index (χ0n) is 11.4. The van der Waals surface area contributed by atoms with Crippen molar-refractivity contribution in [1.29, 1.82) is 0 Å². The van der Waals surface area contributed by atoms with Gasteiger partial charge in [-0.25, -0.2) is 4.79 Å². The van der Waals surface area contributed by atoms with Gasteiger partial charge in [-0.1, -0.05) is 12.1 Å². The number of carbonyl (C=O) groups is 3. The molecule has 1 rings (SSSR count). The molecule has 0 saturated heterocycles. The molecule has 1 aromatic carbocycles. The molecular weight excluding hydrogens is 296 g/mol. The Hall–Kier alpha value is -2.97. The third kappa shape index (κ3) is 5.57. The number of amides is 1. The van der Waals surface area contributed by atoms with E-state index in [0.717, 1.165) is 0 Å². The van der Waals surface area contributed by atoms with Crippen LogP contribution in [0.5, 0.6) is 0 Å². The van der Waals surface area contributed by atoms with E-state index >= 15 is 0 Å². The van der Waals surface area contributed by atoms with Crippen LogP contribution in [-0.2, 0) is 20.8 Å². The summed E-state index contributed by atoms with van der Waals surface area (Å²) in [6, 6.07) is 4.09. The lowest BCUT2D eigenvalue weighted by Gasteiger charge is -2.13. The summed E-state index contributed by atoms with van der Waals surface area (Å²) in [5.41, 5.74) is 0.181. The van der Waals surface area contributed by atoms with Gasteiger partial charge in [0.25, 0.3) is 5.69 Å². The number of nitro groups is 1. The Morgan fingerprint density at radius 2 is 1.95 bits per heavy atom. The molecule has 0 aliphatic rings. The van der Waals surface area contributed by atoms with Gasteiger partial charge in [-0.2, -0.15) is 0 Å². The molecule has 0 bridgehead atoms. The van der Waals surface area contributed by atoms with Gasteiger partial charge >= 0.3 is 11.9 Å². The standard InChI is InChI=1S/C13H14N2O7/c16-11(14-10(13(19)20)4-5-12(17)18)7-8-2-1-3-9(6-8)15(21)22/h1-3,6,10H,4-5,7H2,(H,14,16)(H,17,18)(H,19,20)/t10-/m1/s1. The minimum absolute atomic E-state index is 0.175. The summed E-state index contributed by atoms with van der Waals surface area (Å²) in [6.07, 6.45) is -0.877. The van der Waals surface area contributed by atoms with Crippen LogP contribution in [-0.4, -0.2) is 39.0 Å². The van der Waals surface area contributed by atoms with Gasteiger partial charge in [-0.3, -0.25) is 19.7 Å². The zero-order chi connectivity index (χ0) is 16.7. The van der Waals surface area contributed by atoms with Gasteiger partial charge in [0.15, 0.2) is 0 Å². The molecule has 0 saturated carbocycles. The van der Waals surface area contributed by atoms with Gasteiger partial charge in [-0.05, 0) is 12.0 Å². The van der Waals surface area contributed by atoms with Crippen LogP contribution in [0.2, 0.25) is 0 Å². The Balaban J connectivity index is 2.67. The maximum Gasteiger partial charge on any atom is 0.326 e. The molecule has 0 unspecified atom stereocenters. The molecule has 3 N–H and O–H groups in total. The lowest BCUT2D eigenvalue weighted by molar-refractivity contribution is -0.384. The Morgan fingerprint density at radius 1 is 1.27 bits per heavy atom.